The Kier molecular flexibility index (Phi) is 7.76. The van der Waals surface area contributed by atoms with Crippen LogP contribution in [0.5, 0.6) is 0 Å². The van der Waals surface area contributed by atoms with E-state index < -0.39 is 29.2 Å². The van der Waals surface area contributed by atoms with Gasteiger partial charge in [-0.15, -0.1) is 0 Å². The first-order valence-electron chi connectivity index (χ1n) is 10.5. The quantitative estimate of drug-likeness (QED) is 0.307. The molecule has 0 bridgehead atoms. The van der Waals surface area contributed by atoms with Crippen molar-refractivity contribution in [3.05, 3.63) is 83.7 Å². The number of nitrogens with zero attached hydrogens (tertiary/aromatic N) is 1. The average Bonchev–Trinajstić information content (AvgIpc) is 2.76. The molecule has 0 spiro atoms. The van der Waals surface area contributed by atoms with Gasteiger partial charge in [-0.25, -0.2) is 18.0 Å². The molecule has 0 aliphatic heterocycles. The monoisotopic (exact) mass is 441 g/mol. The van der Waals surface area contributed by atoms with Crippen molar-refractivity contribution in [1.82, 2.24) is 4.90 Å². The standard InChI is InChI=1S/C25H26F3N3O/c1-2-3-6-13-31(25(32)30-24-21(27)14-19(26)15-22(24)28)16-17-9-11-18(12-10-17)20-7-4-5-8-23(20)29/h4-5,7-12,14-15H,2-3,6,13,16,29H2,1H3,(H,30,32). The number of benzene rings is 3. The van der Waals surface area contributed by atoms with Gasteiger partial charge in [0, 0.05) is 36.5 Å². The summed E-state index contributed by atoms with van der Waals surface area (Å²) < 4.78 is 41.1. The molecule has 0 aromatic heterocycles. The highest BCUT2D eigenvalue weighted by Crippen LogP contribution is 2.26. The Balaban J connectivity index is 1.77. The third-order valence-corrected chi connectivity index (χ3v) is 5.16. The average molecular weight is 441 g/mol. The lowest BCUT2D eigenvalue weighted by Crippen LogP contribution is -2.35. The van der Waals surface area contributed by atoms with Crippen molar-refractivity contribution in [2.45, 2.75) is 32.7 Å². The van der Waals surface area contributed by atoms with E-state index >= 15 is 0 Å². The van der Waals surface area contributed by atoms with E-state index in [4.69, 9.17) is 5.73 Å². The molecule has 168 valence electrons. The number of rotatable bonds is 8. The van der Waals surface area contributed by atoms with Crippen LogP contribution in [0.25, 0.3) is 11.1 Å². The zero-order valence-corrected chi connectivity index (χ0v) is 17.9. The van der Waals surface area contributed by atoms with E-state index in [0.29, 0.717) is 24.4 Å². The summed E-state index contributed by atoms with van der Waals surface area (Å²) in [6.45, 7) is 2.71. The predicted octanol–water partition coefficient (Wildman–Crippen LogP) is 6.58. The largest absolute Gasteiger partial charge is 0.398 e. The minimum absolute atomic E-state index is 0.254. The van der Waals surface area contributed by atoms with Gasteiger partial charge in [-0.05, 0) is 23.6 Å². The van der Waals surface area contributed by atoms with Crippen molar-refractivity contribution in [2.75, 3.05) is 17.6 Å². The number of amides is 2. The number of hydrogen-bond acceptors (Lipinski definition) is 2. The first-order valence-corrected chi connectivity index (χ1v) is 10.5. The summed E-state index contributed by atoms with van der Waals surface area (Å²) in [5.41, 5.74) is 8.77. The van der Waals surface area contributed by atoms with Gasteiger partial charge in [0.15, 0.2) is 11.6 Å². The number of nitrogens with two attached hydrogens (primary N) is 1. The maximum absolute atomic E-state index is 14.0. The number of nitrogen functional groups attached to an aromatic ring is 1. The Labute approximate surface area is 185 Å². The van der Waals surface area contributed by atoms with Crippen LogP contribution in [0.2, 0.25) is 0 Å². The van der Waals surface area contributed by atoms with Gasteiger partial charge in [0.2, 0.25) is 0 Å². The number of unbranched alkanes of at least 4 members (excludes halogenated alkanes) is 2. The Morgan fingerprint density at radius 1 is 0.969 bits per heavy atom. The van der Waals surface area contributed by atoms with E-state index in [0.717, 1.165) is 36.0 Å². The van der Waals surface area contributed by atoms with E-state index in [1.165, 1.54) is 4.90 Å². The van der Waals surface area contributed by atoms with Crippen molar-refractivity contribution >= 4 is 17.4 Å². The number of carbonyl (C=O) groups excluding carboxylic acids is 1. The highest BCUT2D eigenvalue weighted by atomic mass is 19.1. The minimum Gasteiger partial charge on any atom is -0.398 e. The molecule has 0 saturated heterocycles. The third kappa shape index (κ3) is 5.81. The summed E-state index contributed by atoms with van der Waals surface area (Å²) in [4.78, 5) is 14.3. The molecule has 3 aromatic rings. The molecular formula is C25H26F3N3O. The summed E-state index contributed by atoms with van der Waals surface area (Å²) in [6, 6.07) is 15.6. The maximum atomic E-state index is 14.0. The summed E-state index contributed by atoms with van der Waals surface area (Å²) in [5.74, 6) is -3.36. The Morgan fingerprint density at radius 2 is 1.62 bits per heavy atom. The van der Waals surface area contributed by atoms with E-state index in [-0.39, 0.29) is 6.54 Å². The molecule has 0 heterocycles. The molecule has 4 nitrogen and oxygen atoms in total. The van der Waals surface area contributed by atoms with Gasteiger partial charge in [-0.3, -0.25) is 0 Å². The molecule has 7 heteroatoms. The number of urea groups is 1. The van der Waals surface area contributed by atoms with Gasteiger partial charge in [0.25, 0.3) is 0 Å². The first-order chi connectivity index (χ1) is 15.4. The van der Waals surface area contributed by atoms with E-state index in [2.05, 4.69) is 5.32 Å². The molecule has 32 heavy (non-hydrogen) atoms. The SMILES string of the molecule is CCCCCN(Cc1ccc(-c2ccccc2N)cc1)C(=O)Nc1c(F)cc(F)cc1F. The molecule has 3 rings (SSSR count). The lowest BCUT2D eigenvalue weighted by molar-refractivity contribution is 0.207. The molecule has 2 amide bonds. The highest BCUT2D eigenvalue weighted by molar-refractivity contribution is 5.89. The number of nitrogens with one attached hydrogen (secondary N) is 1. The molecular weight excluding hydrogens is 415 g/mol. The zero-order chi connectivity index (χ0) is 23.1. The van der Waals surface area contributed by atoms with Crippen molar-refractivity contribution in [3.8, 4) is 11.1 Å². The third-order valence-electron chi connectivity index (χ3n) is 5.16. The van der Waals surface area contributed by atoms with Gasteiger partial charge in [0.1, 0.15) is 11.5 Å². The van der Waals surface area contributed by atoms with Gasteiger partial charge in [0.05, 0.1) is 0 Å². The van der Waals surface area contributed by atoms with Crippen LogP contribution in [0.3, 0.4) is 0 Å². The van der Waals surface area contributed by atoms with E-state index in [1.54, 1.807) is 0 Å². The Hall–Kier alpha value is -3.48. The second-order valence-corrected chi connectivity index (χ2v) is 7.59. The van der Waals surface area contributed by atoms with Crippen LogP contribution >= 0.6 is 0 Å². The second-order valence-electron chi connectivity index (χ2n) is 7.59. The molecule has 0 aliphatic rings. The minimum atomic E-state index is -1.16. The topological polar surface area (TPSA) is 58.4 Å². The van der Waals surface area contributed by atoms with Crippen molar-refractivity contribution < 1.29 is 18.0 Å². The fourth-order valence-electron chi connectivity index (χ4n) is 3.42. The van der Waals surface area contributed by atoms with Crippen molar-refractivity contribution in [1.29, 1.82) is 0 Å². The van der Waals surface area contributed by atoms with E-state index in [9.17, 15) is 18.0 Å². The summed E-state index contributed by atoms with van der Waals surface area (Å²) in [5, 5.41) is 2.25. The molecule has 3 N–H and O–H groups in total. The number of carbonyl (C=O) groups is 1. The lowest BCUT2D eigenvalue weighted by atomic mass is 10.0. The van der Waals surface area contributed by atoms with Crippen LogP contribution in [0, 0.1) is 17.5 Å². The molecule has 0 aliphatic carbocycles. The highest BCUT2D eigenvalue weighted by Gasteiger charge is 2.19. The smallest absolute Gasteiger partial charge is 0.322 e. The maximum Gasteiger partial charge on any atom is 0.322 e. The second kappa shape index (κ2) is 10.7. The van der Waals surface area contributed by atoms with Crippen molar-refractivity contribution in [3.63, 3.8) is 0 Å². The summed E-state index contributed by atoms with van der Waals surface area (Å²) in [6.07, 6.45) is 2.62. The summed E-state index contributed by atoms with van der Waals surface area (Å²) in [7, 11) is 0. The Morgan fingerprint density at radius 3 is 2.25 bits per heavy atom. The predicted molar refractivity (Wildman–Crippen MR) is 122 cm³/mol. The zero-order valence-electron chi connectivity index (χ0n) is 17.9. The van der Waals surface area contributed by atoms with Crippen molar-refractivity contribution in [2.24, 2.45) is 0 Å². The molecule has 0 unspecified atom stereocenters. The number of anilines is 2. The first kappa shape index (κ1) is 23.2. The molecule has 0 atom stereocenters. The number of halogens is 3. The molecule has 0 saturated carbocycles. The molecule has 3 aromatic carbocycles. The fraction of sp³-hybridized carbons (Fsp3) is 0.240. The van der Waals surface area contributed by atoms with Gasteiger partial charge < -0.3 is 16.0 Å². The number of hydrogen-bond donors (Lipinski definition) is 2. The van der Waals surface area contributed by atoms with Crippen LogP contribution in [0.15, 0.2) is 60.7 Å². The molecule has 0 radical (unpaired) electrons. The summed E-state index contributed by atoms with van der Waals surface area (Å²) >= 11 is 0. The van der Waals surface area contributed by atoms with Crippen LogP contribution in [-0.2, 0) is 6.54 Å². The number of para-hydroxylation sites is 1. The van der Waals surface area contributed by atoms with Crippen LogP contribution in [0.1, 0.15) is 31.7 Å². The van der Waals surface area contributed by atoms with Gasteiger partial charge >= 0.3 is 6.03 Å². The van der Waals surface area contributed by atoms with Gasteiger partial charge in [-0.1, -0.05) is 62.2 Å². The van der Waals surface area contributed by atoms with Crippen LogP contribution < -0.4 is 11.1 Å². The van der Waals surface area contributed by atoms with Crippen LogP contribution in [-0.4, -0.2) is 17.5 Å². The fourth-order valence-corrected chi connectivity index (χ4v) is 3.42. The lowest BCUT2D eigenvalue weighted by Gasteiger charge is -2.24. The Bertz CT molecular complexity index is 1050. The van der Waals surface area contributed by atoms with E-state index in [1.807, 2.05) is 55.5 Å². The molecule has 0 fully saturated rings. The van der Waals surface area contributed by atoms with Gasteiger partial charge in [-0.2, -0.15) is 0 Å². The van der Waals surface area contributed by atoms with Crippen LogP contribution in [0.4, 0.5) is 29.3 Å². The normalized spacial score (nSPS) is 10.8.